The van der Waals surface area contributed by atoms with Gasteiger partial charge in [-0.3, -0.25) is 4.79 Å². The van der Waals surface area contributed by atoms with Crippen molar-refractivity contribution in [3.05, 3.63) is 48.0 Å². The third-order valence-corrected chi connectivity index (χ3v) is 3.54. The van der Waals surface area contributed by atoms with Crippen molar-refractivity contribution >= 4 is 17.6 Å². The van der Waals surface area contributed by atoms with Gasteiger partial charge in [-0.15, -0.1) is 0 Å². The van der Waals surface area contributed by atoms with E-state index in [4.69, 9.17) is 18.9 Å². The number of carbonyl (C=O) groups is 2. The van der Waals surface area contributed by atoms with Gasteiger partial charge in [-0.2, -0.15) is 0 Å². The summed E-state index contributed by atoms with van der Waals surface area (Å²) >= 11 is 0. The second kappa shape index (κ2) is 8.24. The third-order valence-electron chi connectivity index (χ3n) is 3.54. The van der Waals surface area contributed by atoms with Gasteiger partial charge in [-0.1, -0.05) is 12.1 Å². The van der Waals surface area contributed by atoms with Crippen molar-refractivity contribution in [2.24, 2.45) is 0 Å². The maximum atomic E-state index is 11.9. The molecule has 7 nitrogen and oxygen atoms in total. The van der Waals surface area contributed by atoms with Crippen LogP contribution in [0, 0.1) is 6.92 Å². The van der Waals surface area contributed by atoms with Crippen molar-refractivity contribution in [3.8, 4) is 17.2 Å². The first kappa shape index (κ1) is 17.6. The van der Waals surface area contributed by atoms with E-state index in [1.165, 1.54) is 0 Å². The van der Waals surface area contributed by atoms with Gasteiger partial charge in [-0.05, 0) is 36.8 Å². The van der Waals surface area contributed by atoms with E-state index in [1.807, 2.05) is 25.1 Å². The van der Waals surface area contributed by atoms with Crippen LogP contribution in [0.15, 0.2) is 42.5 Å². The molecule has 26 heavy (non-hydrogen) atoms. The van der Waals surface area contributed by atoms with Crippen LogP contribution in [-0.2, 0) is 14.3 Å². The predicted molar refractivity (Wildman–Crippen MR) is 93.7 cm³/mol. The smallest absolute Gasteiger partial charge is 0.344 e. The van der Waals surface area contributed by atoms with Crippen LogP contribution >= 0.6 is 0 Å². The second-order valence-corrected chi connectivity index (χ2v) is 5.67. The summed E-state index contributed by atoms with van der Waals surface area (Å²) in [6.45, 7) is 2.22. The average molecular weight is 357 g/mol. The standard InChI is InChI=1S/C19H19NO6/c1-13-3-2-4-15(9-13)25-12-19(22)26-11-18(21)20-14-5-6-16-17(10-14)24-8-7-23-16/h2-6,9-10H,7-8,11-12H2,1H3,(H,20,21). The molecule has 0 aliphatic carbocycles. The summed E-state index contributed by atoms with van der Waals surface area (Å²) in [7, 11) is 0. The van der Waals surface area contributed by atoms with Crippen molar-refractivity contribution in [1.82, 2.24) is 0 Å². The first-order valence-corrected chi connectivity index (χ1v) is 8.15. The number of fused-ring (bicyclic) bond motifs is 1. The van der Waals surface area contributed by atoms with Crippen molar-refractivity contribution < 1.29 is 28.5 Å². The van der Waals surface area contributed by atoms with E-state index in [2.05, 4.69) is 5.32 Å². The first-order chi connectivity index (χ1) is 12.6. The lowest BCUT2D eigenvalue weighted by Gasteiger charge is -2.19. The van der Waals surface area contributed by atoms with E-state index in [0.717, 1.165) is 5.56 Å². The molecule has 0 spiro atoms. The van der Waals surface area contributed by atoms with Crippen molar-refractivity contribution in [3.63, 3.8) is 0 Å². The van der Waals surface area contributed by atoms with E-state index in [0.29, 0.717) is 36.1 Å². The average Bonchev–Trinajstić information content (AvgIpc) is 2.65. The van der Waals surface area contributed by atoms with Gasteiger partial charge in [0, 0.05) is 11.8 Å². The highest BCUT2D eigenvalue weighted by molar-refractivity contribution is 5.93. The minimum absolute atomic E-state index is 0.263. The van der Waals surface area contributed by atoms with E-state index in [9.17, 15) is 9.59 Å². The third kappa shape index (κ3) is 4.89. The molecule has 0 bridgehead atoms. The molecule has 1 N–H and O–H groups in total. The van der Waals surface area contributed by atoms with Crippen LogP contribution in [0.5, 0.6) is 17.2 Å². The van der Waals surface area contributed by atoms with Gasteiger partial charge in [-0.25, -0.2) is 4.79 Å². The van der Waals surface area contributed by atoms with Gasteiger partial charge in [0.05, 0.1) is 0 Å². The van der Waals surface area contributed by atoms with Gasteiger partial charge in [0.2, 0.25) is 0 Å². The Labute approximate surface area is 150 Å². The van der Waals surface area contributed by atoms with E-state index >= 15 is 0 Å². The fourth-order valence-electron chi connectivity index (χ4n) is 2.35. The zero-order valence-electron chi connectivity index (χ0n) is 14.3. The Bertz CT molecular complexity index is 804. The van der Waals surface area contributed by atoms with Crippen LogP contribution in [0.2, 0.25) is 0 Å². The predicted octanol–water partition coefficient (Wildman–Crippen LogP) is 2.33. The molecule has 0 aromatic heterocycles. The lowest BCUT2D eigenvalue weighted by atomic mass is 10.2. The molecule has 1 amide bonds. The number of carbonyl (C=O) groups excluding carboxylic acids is 2. The number of rotatable bonds is 6. The Kier molecular flexibility index (Phi) is 5.58. The highest BCUT2D eigenvalue weighted by Crippen LogP contribution is 2.32. The number of benzene rings is 2. The minimum Gasteiger partial charge on any atom is -0.486 e. The van der Waals surface area contributed by atoms with Gasteiger partial charge in [0.1, 0.15) is 19.0 Å². The number of nitrogens with one attached hydrogen (secondary N) is 1. The van der Waals surface area contributed by atoms with E-state index in [-0.39, 0.29) is 6.61 Å². The molecule has 0 unspecified atom stereocenters. The van der Waals surface area contributed by atoms with Crippen LogP contribution in [-0.4, -0.2) is 38.3 Å². The molecule has 0 saturated heterocycles. The summed E-state index contributed by atoms with van der Waals surface area (Å²) in [5.41, 5.74) is 1.56. The molecular formula is C19H19NO6. The van der Waals surface area contributed by atoms with Gasteiger partial charge in [0.15, 0.2) is 24.7 Å². The molecule has 1 aliphatic rings. The highest BCUT2D eigenvalue weighted by Gasteiger charge is 2.14. The summed E-state index contributed by atoms with van der Waals surface area (Å²) in [5.74, 6) is 0.698. The van der Waals surface area contributed by atoms with Crippen LogP contribution in [0.3, 0.4) is 0 Å². The van der Waals surface area contributed by atoms with Gasteiger partial charge < -0.3 is 24.3 Å². The Balaban J connectivity index is 1.43. The monoisotopic (exact) mass is 357 g/mol. The Morgan fingerprint density at radius 2 is 1.85 bits per heavy atom. The summed E-state index contributed by atoms with van der Waals surface area (Å²) in [4.78, 5) is 23.6. The summed E-state index contributed by atoms with van der Waals surface area (Å²) < 4.78 is 21.1. The molecule has 2 aromatic carbocycles. The lowest BCUT2D eigenvalue weighted by molar-refractivity contribution is -0.149. The first-order valence-electron chi connectivity index (χ1n) is 8.15. The maximum absolute atomic E-state index is 11.9. The van der Waals surface area contributed by atoms with Crippen molar-refractivity contribution in [1.29, 1.82) is 0 Å². The molecule has 0 saturated carbocycles. The number of ether oxygens (including phenoxy) is 4. The molecule has 7 heteroatoms. The molecule has 0 atom stereocenters. The van der Waals surface area contributed by atoms with Crippen molar-refractivity contribution in [2.75, 3.05) is 31.7 Å². The minimum atomic E-state index is -0.621. The van der Waals surface area contributed by atoms with Gasteiger partial charge in [0.25, 0.3) is 5.91 Å². The van der Waals surface area contributed by atoms with E-state index < -0.39 is 18.5 Å². The number of hydrogen-bond donors (Lipinski definition) is 1. The number of esters is 1. The molecule has 1 aliphatic heterocycles. The maximum Gasteiger partial charge on any atom is 0.344 e. The molecule has 0 radical (unpaired) electrons. The number of amides is 1. The molecule has 3 rings (SSSR count). The summed E-state index contributed by atoms with van der Waals surface area (Å²) in [6.07, 6.45) is 0. The molecule has 0 fully saturated rings. The highest BCUT2D eigenvalue weighted by atomic mass is 16.6. The SMILES string of the molecule is Cc1cccc(OCC(=O)OCC(=O)Nc2ccc3c(c2)OCCO3)c1. The summed E-state index contributed by atoms with van der Waals surface area (Å²) in [5, 5.41) is 2.64. The quantitative estimate of drug-likeness (QED) is 0.799. The summed E-state index contributed by atoms with van der Waals surface area (Å²) in [6, 6.07) is 12.4. The number of aryl methyl sites for hydroxylation is 1. The fraction of sp³-hybridized carbons (Fsp3) is 0.263. The van der Waals surface area contributed by atoms with Crippen LogP contribution in [0.4, 0.5) is 5.69 Å². The number of hydrogen-bond acceptors (Lipinski definition) is 6. The zero-order chi connectivity index (χ0) is 18.4. The topological polar surface area (TPSA) is 83.1 Å². The van der Waals surface area contributed by atoms with Crippen LogP contribution < -0.4 is 19.5 Å². The lowest BCUT2D eigenvalue weighted by Crippen LogP contribution is -2.23. The second-order valence-electron chi connectivity index (χ2n) is 5.67. The number of anilines is 1. The molecule has 2 aromatic rings. The molecule has 1 heterocycles. The van der Waals surface area contributed by atoms with Gasteiger partial charge >= 0.3 is 5.97 Å². The molecule has 136 valence electrons. The van der Waals surface area contributed by atoms with Crippen LogP contribution in [0.25, 0.3) is 0 Å². The Morgan fingerprint density at radius 3 is 2.65 bits per heavy atom. The largest absolute Gasteiger partial charge is 0.486 e. The van der Waals surface area contributed by atoms with E-state index in [1.54, 1.807) is 24.3 Å². The zero-order valence-corrected chi connectivity index (χ0v) is 14.3. The van der Waals surface area contributed by atoms with Crippen LogP contribution in [0.1, 0.15) is 5.56 Å². The Hall–Kier alpha value is -3.22. The molecular weight excluding hydrogens is 338 g/mol. The normalized spacial score (nSPS) is 12.2. The Morgan fingerprint density at radius 1 is 1.04 bits per heavy atom. The van der Waals surface area contributed by atoms with Crippen molar-refractivity contribution in [2.45, 2.75) is 6.92 Å². The fourth-order valence-corrected chi connectivity index (χ4v) is 2.35.